The number of rotatable bonds is 3. The quantitative estimate of drug-likeness (QED) is 0.686. The van der Waals surface area contributed by atoms with Crippen molar-refractivity contribution in [3.8, 4) is 0 Å². The molecule has 0 aromatic carbocycles. The molecule has 1 nitrogen and oxygen atoms in total. The lowest BCUT2D eigenvalue weighted by Gasteiger charge is -2.26. The lowest BCUT2D eigenvalue weighted by molar-refractivity contribution is -0.123. The molecule has 0 amide bonds. The van der Waals surface area contributed by atoms with Gasteiger partial charge in [-0.1, -0.05) is 32.6 Å². The van der Waals surface area contributed by atoms with E-state index in [4.69, 9.17) is 0 Å². The predicted octanol–water partition coefficient (Wildman–Crippen LogP) is 3.96. The maximum atomic E-state index is 12.0. The summed E-state index contributed by atoms with van der Waals surface area (Å²) < 4.78 is 0. The summed E-state index contributed by atoms with van der Waals surface area (Å²) >= 11 is 0. The topological polar surface area (TPSA) is 17.1 Å². The molecule has 0 bridgehead atoms. The first-order chi connectivity index (χ1) is 7.25. The van der Waals surface area contributed by atoms with E-state index >= 15 is 0 Å². The Morgan fingerprint density at radius 3 is 2.20 bits per heavy atom. The van der Waals surface area contributed by atoms with Gasteiger partial charge in [0.15, 0.2) is 0 Å². The molecule has 0 atom stereocenters. The Hall–Kier alpha value is -0.330. The maximum absolute atomic E-state index is 12.0. The van der Waals surface area contributed by atoms with E-state index in [9.17, 15) is 4.79 Å². The van der Waals surface area contributed by atoms with Crippen LogP contribution < -0.4 is 0 Å². The summed E-state index contributed by atoms with van der Waals surface area (Å²) in [5.74, 6) is 2.67. The molecule has 0 unspecified atom stereocenters. The summed E-state index contributed by atoms with van der Waals surface area (Å²) in [6.07, 6.45) is 11.2. The van der Waals surface area contributed by atoms with E-state index in [2.05, 4.69) is 6.92 Å². The average Bonchev–Trinajstić information content (AvgIpc) is 2.74. The van der Waals surface area contributed by atoms with Gasteiger partial charge in [-0.25, -0.2) is 0 Å². The van der Waals surface area contributed by atoms with Gasteiger partial charge in [-0.3, -0.25) is 4.79 Å². The van der Waals surface area contributed by atoms with Crippen LogP contribution in [0, 0.1) is 17.8 Å². The first-order valence-corrected chi connectivity index (χ1v) is 6.78. The smallest absolute Gasteiger partial charge is 0.136 e. The van der Waals surface area contributed by atoms with Crippen LogP contribution in [-0.2, 0) is 4.79 Å². The molecule has 15 heavy (non-hydrogen) atoms. The highest BCUT2D eigenvalue weighted by Gasteiger charge is 2.26. The van der Waals surface area contributed by atoms with Crippen LogP contribution in [0.1, 0.15) is 64.7 Å². The fraction of sp³-hybridized carbons (Fsp3) is 0.929. The highest BCUT2D eigenvalue weighted by Crippen LogP contribution is 2.33. The van der Waals surface area contributed by atoms with E-state index < -0.39 is 0 Å². The zero-order valence-electron chi connectivity index (χ0n) is 10.0. The van der Waals surface area contributed by atoms with Crippen molar-refractivity contribution in [3.05, 3.63) is 0 Å². The van der Waals surface area contributed by atoms with Crippen LogP contribution in [0.5, 0.6) is 0 Å². The molecular formula is C14H24O. The molecule has 0 spiro atoms. The van der Waals surface area contributed by atoms with Crippen molar-refractivity contribution in [1.82, 2.24) is 0 Å². The van der Waals surface area contributed by atoms with Gasteiger partial charge >= 0.3 is 0 Å². The third-order valence-electron chi connectivity index (χ3n) is 4.44. The summed E-state index contributed by atoms with van der Waals surface area (Å²) in [4.78, 5) is 12.0. The molecule has 86 valence electrons. The second-order valence-electron chi connectivity index (χ2n) is 5.78. The lowest BCUT2D eigenvalue weighted by Crippen LogP contribution is -2.19. The molecule has 1 heteroatoms. The second kappa shape index (κ2) is 5.14. The van der Waals surface area contributed by atoms with Gasteiger partial charge in [0.25, 0.3) is 0 Å². The molecular weight excluding hydrogens is 184 g/mol. The minimum atomic E-state index is 0.448. The third-order valence-corrected chi connectivity index (χ3v) is 4.44. The highest BCUT2D eigenvalue weighted by atomic mass is 16.1. The van der Waals surface area contributed by atoms with Gasteiger partial charge in [-0.2, -0.15) is 0 Å². The summed E-state index contributed by atoms with van der Waals surface area (Å²) in [6, 6.07) is 0. The lowest BCUT2D eigenvalue weighted by atomic mass is 9.79. The first kappa shape index (κ1) is 11.2. The Balaban J connectivity index is 1.74. The summed E-state index contributed by atoms with van der Waals surface area (Å²) in [7, 11) is 0. The standard InChI is InChI=1S/C14H24O/c1-11-6-8-12(9-7-11)10-14(15)13-4-2-3-5-13/h11-13H,2-10H2,1H3. The Kier molecular flexibility index (Phi) is 3.82. The number of ketones is 1. The molecule has 0 aliphatic heterocycles. The Morgan fingerprint density at radius 1 is 1.00 bits per heavy atom. The third kappa shape index (κ3) is 3.06. The SMILES string of the molecule is CC1CCC(CC(=O)C2CCCC2)CC1. The van der Waals surface area contributed by atoms with Gasteiger partial charge in [-0.15, -0.1) is 0 Å². The Bertz CT molecular complexity index is 207. The van der Waals surface area contributed by atoms with Crippen molar-refractivity contribution in [2.75, 3.05) is 0 Å². The van der Waals surface area contributed by atoms with Gasteiger partial charge in [0.1, 0.15) is 5.78 Å². The van der Waals surface area contributed by atoms with Crippen LogP contribution in [0.25, 0.3) is 0 Å². The highest BCUT2D eigenvalue weighted by molar-refractivity contribution is 5.81. The van der Waals surface area contributed by atoms with Crippen molar-refractivity contribution in [2.45, 2.75) is 64.7 Å². The van der Waals surface area contributed by atoms with E-state index in [-0.39, 0.29) is 0 Å². The molecule has 0 radical (unpaired) electrons. The van der Waals surface area contributed by atoms with Crippen LogP contribution >= 0.6 is 0 Å². The molecule has 0 heterocycles. The zero-order valence-corrected chi connectivity index (χ0v) is 10.0. The normalized spacial score (nSPS) is 33.1. The van der Waals surface area contributed by atoms with Crippen molar-refractivity contribution in [1.29, 1.82) is 0 Å². The molecule has 0 aromatic rings. The maximum Gasteiger partial charge on any atom is 0.136 e. The number of Topliss-reactive ketones (excluding diaryl/α,β-unsaturated/α-hetero) is 1. The predicted molar refractivity (Wildman–Crippen MR) is 62.7 cm³/mol. The van der Waals surface area contributed by atoms with Gasteiger partial charge in [0.2, 0.25) is 0 Å². The molecule has 0 N–H and O–H groups in total. The minimum absolute atomic E-state index is 0.448. The van der Waals surface area contributed by atoms with E-state index in [1.165, 1.54) is 51.4 Å². The van der Waals surface area contributed by atoms with Crippen LogP contribution in [0.15, 0.2) is 0 Å². The minimum Gasteiger partial charge on any atom is -0.299 e. The fourth-order valence-corrected chi connectivity index (χ4v) is 3.23. The molecule has 2 rings (SSSR count). The number of hydrogen-bond donors (Lipinski definition) is 0. The van der Waals surface area contributed by atoms with Crippen molar-refractivity contribution in [2.24, 2.45) is 17.8 Å². The second-order valence-corrected chi connectivity index (χ2v) is 5.78. The summed E-state index contributed by atoms with van der Waals surface area (Å²) in [5.41, 5.74) is 0. The average molecular weight is 208 g/mol. The molecule has 0 aromatic heterocycles. The van der Waals surface area contributed by atoms with Crippen LogP contribution in [-0.4, -0.2) is 5.78 Å². The summed E-state index contributed by atoms with van der Waals surface area (Å²) in [5, 5.41) is 0. The fourth-order valence-electron chi connectivity index (χ4n) is 3.23. The van der Waals surface area contributed by atoms with E-state index in [0.717, 1.165) is 18.3 Å². The van der Waals surface area contributed by atoms with E-state index in [1.54, 1.807) is 0 Å². The van der Waals surface area contributed by atoms with Gasteiger partial charge in [0, 0.05) is 12.3 Å². The number of hydrogen-bond acceptors (Lipinski definition) is 1. The molecule has 2 aliphatic rings. The van der Waals surface area contributed by atoms with Gasteiger partial charge < -0.3 is 0 Å². The van der Waals surface area contributed by atoms with Crippen molar-refractivity contribution >= 4 is 5.78 Å². The summed E-state index contributed by atoms with van der Waals surface area (Å²) in [6.45, 7) is 2.34. The Labute approximate surface area is 93.6 Å². The van der Waals surface area contributed by atoms with Crippen molar-refractivity contribution < 1.29 is 4.79 Å². The molecule has 2 saturated carbocycles. The molecule has 0 saturated heterocycles. The van der Waals surface area contributed by atoms with E-state index in [1.807, 2.05) is 0 Å². The molecule has 2 fully saturated rings. The first-order valence-electron chi connectivity index (χ1n) is 6.78. The van der Waals surface area contributed by atoms with Gasteiger partial charge in [0.05, 0.1) is 0 Å². The zero-order chi connectivity index (χ0) is 10.7. The van der Waals surface area contributed by atoms with Crippen LogP contribution in [0.4, 0.5) is 0 Å². The monoisotopic (exact) mass is 208 g/mol. The number of carbonyl (C=O) groups is 1. The molecule has 2 aliphatic carbocycles. The van der Waals surface area contributed by atoms with Gasteiger partial charge in [-0.05, 0) is 37.5 Å². The van der Waals surface area contributed by atoms with E-state index in [0.29, 0.717) is 11.7 Å². The number of carbonyl (C=O) groups excluding carboxylic acids is 1. The van der Waals surface area contributed by atoms with Crippen LogP contribution in [0.2, 0.25) is 0 Å². The van der Waals surface area contributed by atoms with Crippen LogP contribution in [0.3, 0.4) is 0 Å². The van der Waals surface area contributed by atoms with Crippen molar-refractivity contribution in [3.63, 3.8) is 0 Å². The Morgan fingerprint density at radius 2 is 1.60 bits per heavy atom. The largest absolute Gasteiger partial charge is 0.299 e.